The SMILES string of the molecule is CC[C@@H](C)NC(=O)[C@@H](C)NC(=O)c1ccccc1. The Balaban J connectivity index is 2.52. The van der Waals surface area contributed by atoms with E-state index in [9.17, 15) is 9.59 Å². The number of nitrogens with one attached hydrogen (secondary N) is 2. The zero-order valence-electron chi connectivity index (χ0n) is 11.1. The van der Waals surface area contributed by atoms with Gasteiger partial charge in [0.15, 0.2) is 0 Å². The van der Waals surface area contributed by atoms with Gasteiger partial charge in [0.25, 0.3) is 5.91 Å². The average molecular weight is 248 g/mol. The molecule has 0 aliphatic rings. The molecule has 0 aliphatic carbocycles. The van der Waals surface area contributed by atoms with Crippen LogP contribution in [0.2, 0.25) is 0 Å². The van der Waals surface area contributed by atoms with Gasteiger partial charge in [0.2, 0.25) is 5.91 Å². The lowest BCUT2D eigenvalue weighted by Gasteiger charge is -2.17. The summed E-state index contributed by atoms with van der Waals surface area (Å²) in [4.78, 5) is 23.6. The molecule has 98 valence electrons. The Morgan fingerprint density at radius 1 is 1.11 bits per heavy atom. The molecule has 0 aliphatic heterocycles. The van der Waals surface area contributed by atoms with Crippen molar-refractivity contribution in [3.05, 3.63) is 35.9 Å². The minimum Gasteiger partial charge on any atom is -0.352 e. The van der Waals surface area contributed by atoms with Crippen LogP contribution in [0.15, 0.2) is 30.3 Å². The predicted octanol–water partition coefficient (Wildman–Crippen LogP) is 1.72. The van der Waals surface area contributed by atoms with Crippen LogP contribution in [0, 0.1) is 0 Å². The maximum Gasteiger partial charge on any atom is 0.251 e. The van der Waals surface area contributed by atoms with E-state index in [0.29, 0.717) is 5.56 Å². The van der Waals surface area contributed by atoms with Gasteiger partial charge in [0.05, 0.1) is 0 Å². The van der Waals surface area contributed by atoms with Crippen LogP contribution in [-0.4, -0.2) is 23.9 Å². The van der Waals surface area contributed by atoms with Gasteiger partial charge in [-0.2, -0.15) is 0 Å². The molecule has 0 spiro atoms. The lowest BCUT2D eigenvalue weighted by molar-refractivity contribution is -0.123. The molecule has 0 saturated heterocycles. The Hall–Kier alpha value is -1.84. The Bertz CT molecular complexity index is 404. The zero-order valence-corrected chi connectivity index (χ0v) is 11.1. The van der Waals surface area contributed by atoms with Gasteiger partial charge in [-0.1, -0.05) is 25.1 Å². The fourth-order valence-electron chi connectivity index (χ4n) is 1.40. The van der Waals surface area contributed by atoms with Crippen LogP contribution in [0.25, 0.3) is 0 Å². The first-order valence-corrected chi connectivity index (χ1v) is 6.21. The molecule has 0 aromatic heterocycles. The van der Waals surface area contributed by atoms with Gasteiger partial charge in [-0.25, -0.2) is 0 Å². The third-order valence-electron chi connectivity index (χ3n) is 2.78. The highest BCUT2D eigenvalue weighted by Gasteiger charge is 2.17. The summed E-state index contributed by atoms with van der Waals surface area (Å²) in [5.41, 5.74) is 0.556. The molecule has 0 heterocycles. The van der Waals surface area contributed by atoms with Crippen LogP contribution in [0.5, 0.6) is 0 Å². The largest absolute Gasteiger partial charge is 0.352 e. The Morgan fingerprint density at radius 3 is 2.28 bits per heavy atom. The van der Waals surface area contributed by atoms with Crippen molar-refractivity contribution in [2.24, 2.45) is 0 Å². The van der Waals surface area contributed by atoms with Crippen molar-refractivity contribution in [1.29, 1.82) is 0 Å². The smallest absolute Gasteiger partial charge is 0.251 e. The highest BCUT2D eigenvalue weighted by atomic mass is 16.2. The minimum atomic E-state index is -0.535. The second-order valence-electron chi connectivity index (χ2n) is 4.38. The number of benzene rings is 1. The van der Waals surface area contributed by atoms with Gasteiger partial charge in [-0.15, -0.1) is 0 Å². The van der Waals surface area contributed by atoms with Gasteiger partial charge in [0, 0.05) is 11.6 Å². The van der Waals surface area contributed by atoms with E-state index in [2.05, 4.69) is 10.6 Å². The summed E-state index contributed by atoms with van der Waals surface area (Å²) in [5.74, 6) is -0.393. The van der Waals surface area contributed by atoms with Crippen molar-refractivity contribution in [3.63, 3.8) is 0 Å². The first-order chi connectivity index (χ1) is 8.54. The normalized spacial score (nSPS) is 13.5. The van der Waals surface area contributed by atoms with E-state index in [-0.39, 0.29) is 17.9 Å². The van der Waals surface area contributed by atoms with Gasteiger partial charge in [-0.3, -0.25) is 9.59 Å². The summed E-state index contributed by atoms with van der Waals surface area (Å²) < 4.78 is 0. The molecule has 1 aromatic rings. The first-order valence-electron chi connectivity index (χ1n) is 6.21. The molecule has 0 unspecified atom stereocenters. The number of carbonyl (C=O) groups excluding carboxylic acids is 2. The van der Waals surface area contributed by atoms with E-state index < -0.39 is 6.04 Å². The van der Waals surface area contributed by atoms with E-state index in [1.165, 1.54) is 0 Å². The molecule has 0 saturated carbocycles. The molecule has 1 rings (SSSR count). The van der Waals surface area contributed by atoms with Crippen molar-refractivity contribution >= 4 is 11.8 Å². The monoisotopic (exact) mass is 248 g/mol. The van der Waals surface area contributed by atoms with Gasteiger partial charge < -0.3 is 10.6 Å². The van der Waals surface area contributed by atoms with Crippen molar-refractivity contribution < 1.29 is 9.59 Å². The molecule has 2 N–H and O–H groups in total. The number of carbonyl (C=O) groups is 2. The highest BCUT2D eigenvalue weighted by Crippen LogP contribution is 1.99. The zero-order chi connectivity index (χ0) is 13.5. The van der Waals surface area contributed by atoms with E-state index in [4.69, 9.17) is 0 Å². The summed E-state index contributed by atoms with van der Waals surface area (Å²) in [6.07, 6.45) is 0.866. The van der Waals surface area contributed by atoms with E-state index in [0.717, 1.165) is 6.42 Å². The van der Waals surface area contributed by atoms with Crippen molar-refractivity contribution in [1.82, 2.24) is 10.6 Å². The highest BCUT2D eigenvalue weighted by molar-refractivity contribution is 5.97. The summed E-state index contributed by atoms with van der Waals surface area (Å²) in [6, 6.07) is 8.44. The topological polar surface area (TPSA) is 58.2 Å². The summed E-state index contributed by atoms with van der Waals surface area (Å²) >= 11 is 0. The fraction of sp³-hybridized carbons (Fsp3) is 0.429. The number of amides is 2. The maximum atomic E-state index is 11.8. The molecule has 0 bridgehead atoms. The standard InChI is InChI=1S/C14H20N2O2/c1-4-10(2)15-13(17)11(3)16-14(18)12-8-6-5-7-9-12/h5-11H,4H2,1-3H3,(H,15,17)(H,16,18)/t10-,11-/m1/s1. The van der Waals surface area contributed by atoms with E-state index in [1.807, 2.05) is 19.9 Å². The quantitative estimate of drug-likeness (QED) is 0.833. The molecular formula is C14H20N2O2. The Morgan fingerprint density at radius 2 is 1.72 bits per heavy atom. The third-order valence-corrected chi connectivity index (χ3v) is 2.78. The Kier molecular flexibility index (Phi) is 5.36. The van der Waals surface area contributed by atoms with Crippen molar-refractivity contribution in [2.75, 3.05) is 0 Å². The van der Waals surface area contributed by atoms with Crippen LogP contribution < -0.4 is 10.6 Å². The van der Waals surface area contributed by atoms with Crippen LogP contribution in [0.3, 0.4) is 0 Å². The minimum absolute atomic E-state index is 0.119. The van der Waals surface area contributed by atoms with Gasteiger partial charge in [-0.05, 0) is 32.4 Å². The van der Waals surface area contributed by atoms with Gasteiger partial charge in [0.1, 0.15) is 6.04 Å². The molecular weight excluding hydrogens is 228 g/mol. The van der Waals surface area contributed by atoms with E-state index >= 15 is 0 Å². The fourth-order valence-corrected chi connectivity index (χ4v) is 1.40. The predicted molar refractivity (Wildman–Crippen MR) is 71.3 cm³/mol. The summed E-state index contributed by atoms with van der Waals surface area (Å²) in [7, 11) is 0. The molecule has 0 fully saturated rings. The van der Waals surface area contributed by atoms with Crippen molar-refractivity contribution in [2.45, 2.75) is 39.3 Å². The maximum absolute atomic E-state index is 11.8. The first kappa shape index (κ1) is 14.2. The average Bonchev–Trinajstić information content (AvgIpc) is 2.39. The molecule has 4 heteroatoms. The molecule has 0 radical (unpaired) electrons. The number of hydrogen-bond acceptors (Lipinski definition) is 2. The molecule has 18 heavy (non-hydrogen) atoms. The summed E-state index contributed by atoms with van der Waals surface area (Å²) in [5, 5.41) is 5.51. The lowest BCUT2D eigenvalue weighted by atomic mass is 10.2. The molecule has 2 amide bonds. The Labute approximate surface area is 108 Å². The molecule has 4 nitrogen and oxygen atoms in total. The van der Waals surface area contributed by atoms with Crippen LogP contribution in [-0.2, 0) is 4.79 Å². The molecule has 2 atom stereocenters. The number of rotatable bonds is 5. The third kappa shape index (κ3) is 4.20. The van der Waals surface area contributed by atoms with Gasteiger partial charge >= 0.3 is 0 Å². The lowest BCUT2D eigenvalue weighted by Crippen LogP contribution is -2.47. The van der Waals surface area contributed by atoms with Crippen LogP contribution in [0.1, 0.15) is 37.6 Å². The van der Waals surface area contributed by atoms with Crippen LogP contribution >= 0.6 is 0 Å². The molecule has 1 aromatic carbocycles. The van der Waals surface area contributed by atoms with Crippen LogP contribution in [0.4, 0.5) is 0 Å². The number of hydrogen-bond donors (Lipinski definition) is 2. The van der Waals surface area contributed by atoms with E-state index in [1.54, 1.807) is 31.2 Å². The summed E-state index contributed by atoms with van der Waals surface area (Å²) in [6.45, 7) is 5.61. The second-order valence-corrected chi connectivity index (χ2v) is 4.38. The van der Waals surface area contributed by atoms with Crippen molar-refractivity contribution in [3.8, 4) is 0 Å². The second kappa shape index (κ2) is 6.79.